The van der Waals surface area contributed by atoms with Gasteiger partial charge >= 0.3 is 0 Å². The molecule has 36 heteroatoms. The largest absolute Gasteiger partial charge is 1.00 e. The second kappa shape index (κ2) is 40.9. The number of likely N-dealkylation sites (tertiary alicyclic amines) is 3. The Kier molecular flexibility index (Phi) is 31.4. The summed E-state index contributed by atoms with van der Waals surface area (Å²) in [5.41, 5.74) is 3.46. The van der Waals surface area contributed by atoms with Crippen LogP contribution in [0.5, 0.6) is 0 Å². The summed E-state index contributed by atoms with van der Waals surface area (Å²) in [5.74, 6) is 1.87. The van der Waals surface area contributed by atoms with E-state index in [4.69, 9.17) is 33.5 Å². The van der Waals surface area contributed by atoms with E-state index in [1.165, 1.54) is 24.5 Å². The molecule has 9 fully saturated rings. The van der Waals surface area contributed by atoms with Crippen LogP contribution in [0.1, 0.15) is 91.9 Å². The van der Waals surface area contributed by atoms with Gasteiger partial charge in [0.1, 0.15) is 85.4 Å². The highest BCUT2D eigenvalue weighted by Crippen LogP contribution is 2.41. The van der Waals surface area contributed by atoms with Crippen molar-refractivity contribution >= 4 is 96.4 Å². The average Bonchev–Trinajstić information content (AvgIpc) is 1.53. The highest BCUT2D eigenvalue weighted by Gasteiger charge is 2.60. The minimum absolute atomic E-state index is 0. The highest BCUT2D eigenvalue weighted by atomic mass is 35.5. The van der Waals surface area contributed by atoms with E-state index in [0.29, 0.717) is 68.0 Å². The first-order valence-electron chi connectivity index (χ1n) is 41.2. The summed E-state index contributed by atoms with van der Waals surface area (Å²) in [7, 11) is 6.34. The standard InChI is InChI=1S/C29H36FN5O5S.2C29H34FN5O4S.2ClH/c1-5-18-15-35(24-23(18)40-16-29(24,38)39)27(37)21(14-17(2)3)31-26(36)20-8-6-19(7-9-20)22-25(30)41-28(32-22)34-12-10-33(4)11-13-34;2*1-5-18-15-35(24-22(36)16-39-25(18)24)28(38)21(14-17(2)3)31-27(37)20-8-6-19(7-9-20)23-26(30)40-29(32-23)34-12-10-33(4)11-13-34;;/h1,6-9,17-18,21,23-24,38-39H,10-16H2,2-4H3,(H,31,36);2*1,6-9,17-18,21,24-25H,10-16H2,2-4H3,(H,31,37);2*1H/t18-,21+,23-,24+;2*18-,21+,24-,25-;;/m111../s1. The van der Waals surface area contributed by atoms with Crippen LogP contribution in [0.15, 0.2) is 72.8 Å². The predicted octanol–water partition coefficient (Wildman–Crippen LogP) is -2.89. The fourth-order valence-corrected chi connectivity index (χ4v) is 19.6. The maximum absolute atomic E-state index is 14.9. The SMILES string of the molecule is C#C[C@@H]1CN(C(=O)[C@H](CC(C)C)NC(=O)c2ccc(-c3nc(N4CCN(C)CC4)sc3F)cc2)[C@@H]2C(=O)CO[C@H]12.C#C[C@@H]1CN(C(=O)[C@H](CC(C)C)NC(=O)c2ccc(-c3nc(N4CC[NH+](C)CC4)sc3F)cc2)[C@@H]2C(=O)CO[C@H]12.C#C[C@@H]1CN(C(=O)[C@H](CC(C)C)NC(=O)c2ccc(-c3nc(N4CC[NH+](C)CC4)sc3F)cc2)[C@H]2[C@@H]1OCC2(O)O.[Cl-].[Cl-]. The highest BCUT2D eigenvalue weighted by molar-refractivity contribution is 7.15. The van der Waals surface area contributed by atoms with Gasteiger partial charge in [-0.15, -0.1) is 19.3 Å². The van der Waals surface area contributed by atoms with Gasteiger partial charge in [0, 0.05) is 79.2 Å². The van der Waals surface area contributed by atoms with E-state index in [0.717, 1.165) is 113 Å². The number of nitrogens with one attached hydrogen (secondary N) is 5. The molecule has 9 saturated heterocycles. The molecule has 6 aromatic rings. The smallest absolute Gasteiger partial charge is 0.251 e. The number of anilines is 3. The molecule has 3 aromatic carbocycles. The summed E-state index contributed by atoms with van der Waals surface area (Å²) < 4.78 is 61.2. The molecule has 0 radical (unpaired) electrons. The van der Waals surface area contributed by atoms with Gasteiger partial charge in [-0.1, -0.05) is 130 Å². The number of terminal acetylenes is 3. The van der Waals surface area contributed by atoms with Crippen LogP contribution in [-0.4, -0.2) is 291 Å². The van der Waals surface area contributed by atoms with Gasteiger partial charge in [-0.05, 0) is 80.5 Å². The van der Waals surface area contributed by atoms with E-state index in [2.05, 4.69) is 89.4 Å². The monoisotopic (exact) mass is 1790 g/mol. The quantitative estimate of drug-likeness (QED) is 0.0281. The Balaban J connectivity index is 0.000000178. The van der Waals surface area contributed by atoms with E-state index in [1.54, 1.807) is 72.8 Å². The number of thiazole rings is 3. The number of benzene rings is 3. The maximum atomic E-state index is 14.9. The minimum Gasteiger partial charge on any atom is -1.00 e. The van der Waals surface area contributed by atoms with Crippen molar-refractivity contribution in [3.8, 4) is 70.8 Å². The number of carbonyl (C=O) groups is 8. The molecule has 28 nitrogen and oxygen atoms in total. The van der Waals surface area contributed by atoms with Crippen molar-refractivity contribution < 1.29 is 111 Å². The molecule has 660 valence electrons. The Morgan fingerprint density at radius 1 is 0.488 bits per heavy atom. The third-order valence-corrected chi connectivity index (χ3v) is 26.4. The molecule has 0 bridgehead atoms. The van der Waals surface area contributed by atoms with Crippen LogP contribution in [0.25, 0.3) is 33.8 Å². The summed E-state index contributed by atoms with van der Waals surface area (Å²) in [6.45, 7) is 22.3. The number of quaternary nitrogens is 2. The molecule has 9 aliphatic rings. The summed E-state index contributed by atoms with van der Waals surface area (Å²) in [4.78, 5) is 135. The number of carbonyl (C=O) groups excluding carboxylic acids is 8. The molecule has 0 unspecified atom stereocenters. The summed E-state index contributed by atoms with van der Waals surface area (Å²) in [6, 6.07) is 14.5. The van der Waals surface area contributed by atoms with Crippen molar-refractivity contribution in [2.24, 2.45) is 35.5 Å². The fourth-order valence-electron chi connectivity index (χ4n) is 17.0. The number of aliphatic hydroxyl groups is 2. The molecule has 0 aliphatic carbocycles. The minimum atomic E-state index is -2.23. The van der Waals surface area contributed by atoms with Crippen molar-refractivity contribution in [3.63, 3.8) is 0 Å². The van der Waals surface area contributed by atoms with Gasteiger partial charge in [-0.25, -0.2) is 15.0 Å². The molecule has 3 aromatic heterocycles. The summed E-state index contributed by atoms with van der Waals surface area (Å²) in [5, 5.41) is 30.4. The van der Waals surface area contributed by atoms with Crippen molar-refractivity contribution in [1.29, 1.82) is 0 Å². The lowest BCUT2D eigenvalue weighted by Crippen LogP contribution is -3.12. The molecule has 7 N–H and O–H groups in total. The van der Waals surface area contributed by atoms with E-state index >= 15 is 0 Å². The normalized spacial score (nSPS) is 23.7. The summed E-state index contributed by atoms with van der Waals surface area (Å²) in [6.07, 6.45) is 16.3. The molecule has 15 rings (SSSR count). The number of aromatic nitrogens is 3. The first-order chi connectivity index (χ1) is 57.8. The average molecular weight is 1790 g/mol. The van der Waals surface area contributed by atoms with Crippen molar-refractivity contribution in [1.82, 2.24) is 50.5 Å². The number of fused-ring (bicyclic) bond motifs is 3. The van der Waals surface area contributed by atoms with Gasteiger partial charge in [0.05, 0.1) is 90.3 Å². The van der Waals surface area contributed by atoms with Crippen LogP contribution < -0.4 is 65.3 Å². The molecule has 6 amide bonds. The fraction of sp³-hybridized carbons (Fsp3) is 0.529. The van der Waals surface area contributed by atoms with Crippen LogP contribution in [0.4, 0.5) is 28.6 Å². The molecule has 12 atom stereocenters. The number of hydrogen-bond donors (Lipinski definition) is 7. The molecule has 123 heavy (non-hydrogen) atoms. The van der Waals surface area contributed by atoms with E-state index in [9.17, 15) is 61.7 Å². The van der Waals surface area contributed by atoms with Crippen LogP contribution in [0, 0.1) is 87.9 Å². The molecule has 12 heterocycles. The summed E-state index contributed by atoms with van der Waals surface area (Å²) >= 11 is 3.09. The van der Waals surface area contributed by atoms with Crippen molar-refractivity contribution in [2.45, 2.75) is 121 Å². The first kappa shape index (κ1) is 94.5. The lowest BCUT2D eigenvalue weighted by molar-refractivity contribution is -0.880. The molecular weight excluding hydrogens is 1690 g/mol. The Hall–Kier alpha value is -9.16. The Morgan fingerprint density at radius 2 is 0.789 bits per heavy atom. The number of ether oxygens (including phenoxy) is 3. The predicted molar refractivity (Wildman–Crippen MR) is 452 cm³/mol. The second-order valence-electron chi connectivity index (χ2n) is 34.0. The Morgan fingerprint density at radius 3 is 1.11 bits per heavy atom. The number of piperazine rings is 3. The second-order valence-corrected chi connectivity index (χ2v) is 36.8. The van der Waals surface area contributed by atoms with Crippen LogP contribution in [0.3, 0.4) is 0 Å². The number of hydrogen-bond acceptors (Lipinski definition) is 23. The number of amides is 6. The van der Waals surface area contributed by atoms with Gasteiger partial charge in [0.2, 0.25) is 38.9 Å². The van der Waals surface area contributed by atoms with Gasteiger partial charge in [0.25, 0.3) is 17.7 Å². The van der Waals surface area contributed by atoms with E-state index in [-0.39, 0.29) is 150 Å². The third kappa shape index (κ3) is 21.3. The van der Waals surface area contributed by atoms with Crippen LogP contribution >= 0.6 is 34.0 Å². The van der Waals surface area contributed by atoms with E-state index < -0.39 is 89.9 Å². The Labute approximate surface area is 739 Å². The van der Waals surface area contributed by atoms with Crippen LogP contribution in [-0.2, 0) is 38.2 Å². The van der Waals surface area contributed by atoms with Gasteiger partial charge in [-0.2, -0.15) is 13.2 Å². The van der Waals surface area contributed by atoms with E-state index in [1.807, 2.05) is 41.5 Å². The zero-order chi connectivity index (χ0) is 86.6. The van der Waals surface area contributed by atoms with Crippen LogP contribution in [0.2, 0.25) is 0 Å². The molecule has 0 saturated carbocycles. The number of likely N-dealkylation sites (N-methyl/N-ethyl adjacent to an activating group) is 3. The Bertz CT molecular complexity index is 4720. The van der Waals surface area contributed by atoms with Gasteiger partial charge < -0.3 is 109 Å². The van der Waals surface area contributed by atoms with Gasteiger partial charge in [0.15, 0.2) is 27.0 Å². The molecular formula is C87H106Cl2F3N15O13S3. The number of rotatable bonds is 21. The zero-order valence-electron chi connectivity index (χ0n) is 70.1. The first-order valence-corrected chi connectivity index (χ1v) is 43.7. The van der Waals surface area contributed by atoms with Crippen molar-refractivity contribution in [3.05, 3.63) is 105 Å². The van der Waals surface area contributed by atoms with Gasteiger partial charge in [-0.3, -0.25) is 38.4 Å². The number of halogens is 5. The number of ketones is 2. The van der Waals surface area contributed by atoms with Crippen molar-refractivity contribution in [2.75, 3.05) is 154 Å². The molecule has 9 aliphatic heterocycles. The molecule has 0 spiro atoms. The maximum Gasteiger partial charge on any atom is 0.251 e. The number of Topliss-reactive ketones (excluding diaryl/α,β-unsaturated/α-hetero) is 2. The topological polar surface area (TPSA) is 311 Å². The lowest BCUT2D eigenvalue weighted by atomic mass is 9.98. The zero-order valence-corrected chi connectivity index (χ0v) is 74.1. The third-order valence-electron chi connectivity index (χ3n) is 23.7. The lowest BCUT2D eigenvalue weighted by Gasteiger charge is -2.33. The number of nitrogens with zero attached hydrogens (tertiary/aromatic N) is 10.